The van der Waals surface area contributed by atoms with Crippen LogP contribution in [0.25, 0.3) is 0 Å². The van der Waals surface area contributed by atoms with E-state index in [0.717, 1.165) is 44.9 Å². The van der Waals surface area contributed by atoms with E-state index in [1.165, 1.54) is 12.8 Å². The van der Waals surface area contributed by atoms with Crippen LogP contribution in [-0.2, 0) is 4.79 Å². The van der Waals surface area contributed by atoms with Crippen molar-refractivity contribution in [1.82, 2.24) is 15.1 Å². The molecule has 1 rings (SSSR count). The molecule has 1 aliphatic rings. The first-order chi connectivity index (χ1) is 9.08. The van der Waals surface area contributed by atoms with Gasteiger partial charge in [-0.05, 0) is 59.3 Å². The molecule has 19 heavy (non-hydrogen) atoms. The maximum absolute atomic E-state index is 12.5. The van der Waals surface area contributed by atoms with Gasteiger partial charge in [-0.25, -0.2) is 0 Å². The van der Waals surface area contributed by atoms with E-state index in [9.17, 15) is 4.79 Å². The fourth-order valence-electron chi connectivity index (χ4n) is 2.78. The fraction of sp³-hybridized carbons (Fsp3) is 0.933. The van der Waals surface area contributed by atoms with Gasteiger partial charge in [-0.2, -0.15) is 0 Å². The molecule has 0 aliphatic carbocycles. The highest BCUT2D eigenvalue weighted by Gasteiger charge is 2.28. The maximum atomic E-state index is 12.5. The molecule has 2 unspecified atom stereocenters. The molecule has 0 aromatic heterocycles. The monoisotopic (exact) mass is 269 g/mol. The minimum absolute atomic E-state index is 0.0537. The third-order valence-corrected chi connectivity index (χ3v) is 4.11. The van der Waals surface area contributed by atoms with Crippen LogP contribution in [0, 0.1) is 5.92 Å². The molecule has 0 aromatic carbocycles. The lowest BCUT2D eigenvalue weighted by Crippen LogP contribution is -2.50. The lowest BCUT2D eigenvalue weighted by Gasteiger charge is -2.33. The Morgan fingerprint density at radius 3 is 2.58 bits per heavy atom. The van der Waals surface area contributed by atoms with Crippen LogP contribution in [0.15, 0.2) is 0 Å². The third kappa shape index (κ3) is 5.49. The Morgan fingerprint density at radius 2 is 2.00 bits per heavy atom. The number of piperidine rings is 1. The van der Waals surface area contributed by atoms with E-state index < -0.39 is 0 Å². The van der Waals surface area contributed by atoms with Crippen molar-refractivity contribution in [3.63, 3.8) is 0 Å². The normalized spacial score (nSPS) is 23.6. The molecule has 2 atom stereocenters. The first-order valence-electron chi connectivity index (χ1n) is 7.75. The summed E-state index contributed by atoms with van der Waals surface area (Å²) >= 11 is 0. The molecular formula is C15H31N3O. The van der Waals surface area contributed by atoms with Gasteiger partial charge < -0.3 is 15.1 Å². The van der Waals surface area contributed by atoms with Gasteiger partial charge in [0.05, 0.1) is 6.04 Å². The molecule has 0 aromatic rings. The van der Waals surface area contributed by atoms with Crippen molar-refractivity contribution in [3.05, 3.63) is 0 Å². The van der Waals surface area contributed by atoms with E-state index >= 15 is 0 Å². The van der Waals surface area contributed by atoms with Gasteiger partial charge in [-0.15, -0.1) is 0 Å². The summed E-state index contributed by atoms with van der Waals surface area (Å²) in [5.41, 5.74) is 0. The predicted octanol–water partition coefficient (Wildman–Crippen LogP) is 1.56. The second-order valence-electron chi connectivity index (χ2n) is 5.88. The SMILES string of the molecule is CCC1CCNC(C(=O)N(CC)CCCN(C)C)C1. The van der Waals surface area contributed by atoms with Crippen LogP contribution in [0.5, 0.6) is 0 Å². The first-order valence-corrected chi connectivity index (χ1v) is 7.75. The molecule has 1 fully saturated rings. The average Bonchev–Trinajstić information content (AvgIpc) is 2.42. The summed E-state index contributed by atoms with van der Waals surface area (Å²) in [5, 5.41) is 3.40. The summed E-state index contributed by atoms with van der Waals surface area (Å²) < 4.78 is 0. The zero-order valence-corrected chi connectivity index (χ0v) is 13.1. The topological polar surface area (TPSA) is 35.6 Å². The average molecular weight is 269 g/mol. The van der Waals surface area contributed by atoms with E-state index in [2.05, 4.69) is 38.2 Å². The van der Waals surface area contributed by atoms with E-state index in [1.54, 1.807) is 0 Å². The van der Waals surface area contributed by atoms with Gasteiger partial charge in [0.1, 0.15) is 0 Å². The van der Waals surface area contributed by atoms with E-state index in [0.29, 0.717) is 5.91 Å². The van der Waals surface area contributed by atoms with Crippen molar-refractivity contribution in [2.75, 3.05) is 40.3 Å². The lowest BCUT2D eigenvalue weighted by molar-refractivity contribution is -0.134. The molecule has 1 heterocycles. The number of amides is 1. The van der Waals surface area contributed by atoms with Crippen molar-refractivity contribution in [2.45, 2.75) is 45.6 Å². The summed E-state index contributed by atoms with van der Waals surface area (Å²) in [5.74, 6) is 1.02. The van der Waals surface area contributed by atoms with Gasteiger partial charge in [-0.3, -0.25) is 4.79 Å². The Hall–Kier alpha value is -0.610. The highest BCUT2D eigenvalue weighted by atomic mass is 16.2. The molecule has 1 amide bonds. The number of hydrogen-bond acceptors (Lipinski definition) is 3. The molecule has 4 nitrogen and oxygen atoms in total. The molecule has 4 heteroatoms. The van der Waals surface area contributed by atoms with Crippen LogP contribution in [-0.4, -0.2) is 62.0 Å². The molecule has 0 bridgehead atoms. The standard InChI is InChI=1S/C15H31N3O/c1-5-13-8-9-16-14(12-13)15(19)18(6-2)11-7-10-17(3)4/h13-14,16H,5-12H2,1-4H3. The zero-order valence-electron chi connectivity index (χ0n) is 13.1. The number of carbonyl (C=O) groups is 1. The van der Waals surface area contributed by atoms with Gasteiger partial charge >= 0.3 is 0 Å². The second kappa shape index (κ2) is 8.54. The minimum atomic E-state index is 0.0537. The van der Waals surface area contributed by atoms with Crippen molar-refractivity contribution < 1.29 is 4.79 Å². The minimum Gasteiger partial charge on any atom is -0.342 e. The first kappa shape index (κ1) is 16.4. The summed E-state index contributed by atoms with van der Waals surface area (Å²) in [7, 11) is 4.15. The quantitative estimate of drug-likeness (QED) is 0.762. The maximum Gasteiger partial charge on any atom is 0.239 e. The molecule has 1 saturated heterocycles. The number of rotatable bonds is 7. The van der Waals surface area contributed by atoms with Crippen LogP contribution in [0.1, 0.15) is 39.5 Å². The van der Waals surface area contributed by atoms with Gasteiger partial charge in [0, 0.05) is 13.1 Å². The Kier molecular flexibility index (Phi) is 7.39. The molecule has 0 spiro atoms. The third-order valence-electron chi connectivity index (χ3n) is 4.11. The van der Waals surface area contributed by atoms with Crippen molar-refractivity contribution in [1.29, 1.82) is 0 Å². The highest BCUT2D eigenvalue weighted by molar-refractivity contribution is 5.82. The molecule has 1 aliphatic heterocycles. The largest absolute Gasteiger partial charge is 0.342 e. The van der Waals surface area contributed by atoms with Crippen molar-refractivity contribution in [2.24, 2.45) is 5.92 Å². The number of likely N-dealkylation sites (N-methyl/N-ethyl adjacent to an activating group) is 1. The number of nitrogens with zero attached hydrogens (tertiary/aromatic N) is 2. The van der Waals surface area contributed by atoms with Gasteiger partial charge in [0.2, 0.25) is 5.91 Å². The highest BCUT2D eigenvalue weighted by Crippen LogP contribution is 2.20. The van der Waals surface area contributed by atoms with Crippen LogP contribution in [0.2, 0.25) is 0 Å². The van der Waals surface area contributed by atoms with Gasteiger partial charge in [0.25, 0.3) is 0 Å². The second-order valence-corrected chi connectivity index (χ2v) is 5.88. The van der Waals surface area contributed by atoms with E-state index in [-0.39, 0.29) is 6.04 Å². The molecule has 1 N–H and O–H groups in total. The van der Waals surface area contributed by atoms with E-state index in [4.69, 9.17) is 0 Å². The summed E-state index contributed by atoms with van der Waals surface area (Å²) in [4.78, 5) is 16.7. The van der Waals surface area contributed by atoms with Gasteiger partial charge in [-0.1, -0.05) is 13.3 Å². The molecule has 0 radical (unpaired) electrons. The molecule has 112 valence electrons. The number of carbonyl (C=O) groups excluding carboxylic acids is 1. The summed E-state index contributed by atoms with van der Waals surface area (Å²) in [6, 6.07) is 0.0537. The smallest absolute Gasteiger partial charge is 0.239 e. The molecule has 0 saturated carbocycles. The Labute approximate surface area is 118 Å². The van der Waals surface area contributed by atoms with E-state index in [1.807, 2.05) is 4.90 Å². The predicted molar refractivity (Wildman–Crippen MR) is 80.2 cm³/mol. The number of hydrogen-bond donors (Lipinski definition) is 1. The summed E-state index contributed by atoms with van der Waals surface area (Å²) in [6.45, 7) is 8.03. The number of nitrogens with one attached hydrogen (secondary N) is 1. The van der Waals surface area contributed by atoms with Gasteiger partial charge in [0.15, 0.2) is 0 Å². The van der Waals surface area contributed by atoms with Crippen LogP contribution in [0.3, 0.4) is 0 Å². The Bertz CT molecular complexity index is 268. The Morgan fingerprint density at radius 1 is 1.26 bits per heavy atom. The van der Waals surface area contributed by atoms with Crippen LogP contribution >= 0.6 is 0 Å². The summed E-state index contributed by atoms with van der Waals surface area (Å²) in [6.07, 6.45) is 4.47. The van der Waals surface area contributed by atoms with Crippen LogP contribution in [0.4, 0.5) is 0 Å². The lowest BCUT2D eigenvalue weighted by atomic mass is 9.90. The van der Waals surface area contributed by atoms with Crippen LogP contribution < -0.4 is 5.32 Å². The molecular weight excluding hydrogens is 238 g/mol. The Balaban J connectivity index is 2.43. The fourth-order valence-corrected chi connectivity index (χ4v) is 2.78. The van der Waals surface area contributed by atoms with Crippen molar-refractivity contribution >= 4 is 5.91 Å². The van der Waals surface area contributed by atoms with Crippen molar-refractivity contribution in [3.8, 4) is 0 Å². The zero-order chi connectivity index (χ0) is 14.3.